The van der Waals surface area contributed by atoms with Crippen LogP contribution in [-0.2, 0) is 4.79 Å². The minimum atomic E-state index is 0.521. The predicted molar refractivity (Wildman–Crippen MR) is 64.3 cm³/mol. The molecule has 0 amide bonds. The minimum Gasteiger partial charge on any atom is -0.300 e. The van der Waals surface area contributed by atoms with Crippen LogP contribution in [0.15, 0.2) is 0 Å². The SMILES string of the molecule is CC1CCCC(N2C3CCC2CC(=O)C3)C1. The van der Waals surface area contributed by atoms with Gasteiger partial charge in [0.2, 0.25) is 0 Å². The third-order valence-corrected chi connectivity index (χ3v) is 4.93. The van der Waals surface area contributed by atoms with Crippen LogP contribution in [0.2, 0.25) is 0 Å². The van der Waals surface area contributed by atoms with Gasteiger partial charge in [0.15, 0.2) is 0 Å². The Balaban J connectivity index is 1.72. The first-order valence-corrected chi connectivity index (χ1v) is 7.03. The second-order valence-electron chi connectivity index (χ2n) is 6.20. The molecule has 0 aromatic rings. The third-order valence-electron chi connectivity index (χ3n) is 4.93. The Kier molecular flexibility index (Phi) is 2.78. The molecular weight excluding hydrogens is 198 g/mol. The number of nitrogens with zero attached hydrogens (tertiary/aromatic N) is 1. The summed E-state index contributed by atoms with van der Waals surface area (Å²) in [7, 11) is 0. The molecule has 4 atom stereocenters. The van der Waals surface area contributed by atoms with Gasteiger partial charge in [-0.05, 0) is 31.6 Å². The van der Waals surface area contributed by atoms with Gasteiger partial charge in [0.05, 0.1) is 0 Å². The fraction of sp³-hybridized carbons (Fsp3) is 0.929. The Morgan fingerprint density at radius 3 is 2.31 bits per heavy atom. The van der Waals surface area contributed by atoms with Gasteiger partial charge in [0.1, 0.15) is 5.78 Å². The van der Waals surface area contributed by atoms with Gasteiger partial charge >= 0.3 is 0 Å². The van der Waals surface area contributed by atoms with Crippen molar-refractivity contribution in [2.75, 3.05) is 0 Å². The van der Waals surface area contributed by atoms with Crippen molar-refractivity contribution >= 4 is 5.78 Å². The average molecular weight is 221 g/mol. The predicted octanol–water partition coefficient (Wildman–Crippen LogP) is 2.76. The number of fused-ring (bicyclic) bond motifs is 2. The Bertz CT molecular complexity index is 272. The normalized spacial score (nSPS) is 44.9. The van der Waals surface area contributed by atoms with E-state index in [0.29, 0.717) is 17.9 Å². The fourth-order valence-corrected chi connectivity index (χ4v) is 4.27. The summed E-state index contributed by atoms with van der Waals surface area (Å²) in [5, 5.41) is 0. The molecule has 3 aliphatic rings. The van der Waals surface area contributed by atoms with E-state index in [-0.39, 0.29) is 0 Å². The zero-order chi connectivity index (χ0) is 11.1. The standard InChI is InChI=1S/C14H23NO/c1-10-3-2-4-11(7-10)15-12-5-6-13(15)9-14(16)8-12/h10-13H,2-9H2,1H3. The summed E-state index contributed by atoms with van der Waals surface area (Å²) in [6.07, 6.45) is 9.83. The van der Waals surface area contributed by atoms with Crippen molar-refractivity contribution in [3.8, 4) is 0 Å². The number of carbonyl (C=O) groups is 1. The van der Waals surface area contributed by atoms with Crippen molar-refractivity contribution in [1.29, 1.82) is 0 Å². The van der Waals surface area contributed by atoms with Crippen LogP contribution >= 0.6 is 0 Å². The molecule has 2 heterocycles. The molecule has 0 radical (unpaired) electrons. The van der Waals surface area contributed by atoms with Gasteiger partial charge in [-0.2, -0.15) is 0 Å². The Morgan fingerprint density at radius 1 is 1.00 bits per heavy atom. The number of hydrogen-bond acceptors (Lipinski definition) is 2. The van der Waals surface area contributed by atoms with Crippen LogP contribution < -0.4 is 0 Å². The second-order valence-corrected chi connectivity index (χ2v) is 6.20. The van der Waals surface area contributed by atoms with E-state index in [9.17, 15) is 4.79 Å². The summed E-state index contributed by atoms with van der Waals surface area (Å²) in [5.41, 5.74) is 0. The van der Waals surface area contributed by atoms with Crippen molar-refractivity contribution in [3.05, 3.63) is 0 Å². The zero-order valence-electron chi connectivity index (χ0n) is 10.3. The number of hydrogen-bond donors (Lipinski definition) is 0. The van der Waals surface area contributed by atoms with Gasteiger partial charge in [0.25, 0.3) is 0 Å². The van der Waals surface area contributed by atoms with Crippen molar-refractivity contribution in [3.63, 3.8) is 0 Å². The molecule has 0 spiro atoms. The van der Waals surface area contributed by atoms with Crippen molar-refractivity contribution in [2.45, 2.75) is 76.4 Å². The topological polar surface area (TPSA) is 20.3 Å². The maximum Gasteiger partial charge on any atom is 0.136 e. The number of Topliss-reactive ketones (excluding diaryl/α,β-unsaturated/α-hetero) is 1. The monoisotopic (exact) mass is 221 g/mol. The van der Waals surface area contributed by atoms with Crippen LogP contribution in [0.3, 0.4) is 0 Å². The third kappa shape index (κ3) is 1.81. The fourth-order valence-electron chi connectivity index (χ4n) is 4.27. The highest BCUT2D eigenvalue weighted by atomic mass is 16.1. The molecular formula is C14H23NO. The molecule has 2 bridgehead atoms. The molecule has 0 aromatic carbocycles. The Morgan fingerprint density at radius 2 is 1.69 bits per heavy atom. The molecule has 2 aliphatic heterocycles. The van der Waals surface area contributed by atoms with Crippen molar-refractivity contribution in [2.24, 2.45) is 5.92 Å². The van der Waals surface area contributed by atoms with Gasteiger partial charge in [-0.15, -0.1) is 0 Å². The lowest BCUT2D eigenvalue weighted by Crippen LogP contribution is -2.50. The Labute approximate surface area is 98.4 Å². The summed E-state index contributed by atoms with van der Waals surface area (Å²) < 4.78 is 0. The van der Waals surface area contributed by atoms with E-state index < -0.39 is 0 Å². The van der Waals surface area contributed by atoms with Crippen molar-refractivity contribution in [1.82, 2.24) is 4.90 Å². The van der Waals surface area contributed by atoms with Crippen molar-refractivity contribution < 1.29 is 4.79 Å². The molecule has 0 aromatic heterocycles. The van der Waals surface area contributed by atoms with Gasteiger partial charge in [-0.25, -0.2) is 0 Å². The van der Waals surface area contributed by atoms with Crippen LogP contribution in [0.25, 0.3) is 0 Å². The molecule has 16 heavy (non-hydrogen) atoms. The van der Waals surface area contributed by atoms with E-state index >= 15 is 0 Å². The Hall–Kier alpha value is -0.370. The molecule has 2 saturated heterocycles. The zero-order valence-corrected chi connectivity index (χ0v) is 10.3. The summed E-state index contributed by atoms with van der Waals surface area (Å²) >= 11 is 0. The van der Waals surface area contributed by atoms with Crippen LogP contribution in [0.5, 0.6) is 0 Å². The molecule has 1 aliphatic carbocycles. The number of rotatable bonds is 1. The van der Waals surface area contributed by atoms with Gasteiger partial charge < -0.3 is 0 Å². The van der Waals surface area contributed by atoms with E-state index in [2.05, 4.69) is 11.8 Å². The molecule has 90 valence electrons. The number of piperidine rings is 1. The number of carbonyl (C=O) groups excluding carboxylic acids is 1. The lowest BCUT2D eigenvalue weighted by molar-refractivity contribution is -0.124. The van der Waals surface area contributed by atoms with E-state index in [4.69, 9.17) is 0 Å². The molecule has 3 rings (SSSR count). The van der Waals surface area contributed by atoms with Gasteiger partial charge in [0, 0.05) is 31.0 Å². The lowest BCUT2D eigenvalue weighted by atomic mass is 9.84. The van der Waals surface area contributed by atoms with Crippen LogP contribution in [0, 0.1) is 5.92 Å². The maximum atomic E-state index is 11.6. The van der Waals surface area contributed by atoms with E-state index in [0.717, 1.165) is 24.8 Å². The second kappa shape index (κ2) is 4.14. The first-order chi connectivity index (χ1) is 7.74. The largest absolute Gasteiger partial charge is 0.300 e. The quantitative estimate of drug-likeness (QED) is 0.678. The smallest absolute Gasteiger partial charge is 0.136 e. The highest BCUT2D eigenvalue weighted by Gasteiger charge is 2.43. The number of ketones is 1. The molecule has 2 nitrogen and oxygen atoms in total. The highest BCUT2D eigenvalue weighted by molar-refractivity contribution is 5.81. The lowest BCUT2D eigenvalue weighted by Gasteiger charge is -2.43. The summed E-state index contributed by atoms with van der Waals surface area (Å²) in [5.74, 6) is 1.42. The molecule has 0 N–H and O–H groups in total. The average Bonchev–Trinajstić information content (AvgIpc) is 2.51. The van der Waals surface area contributed by atoms with Gasteiger partial charge in [-0.3, -0.25) is 9.69 Å². The van der Waals surface area contributed by atoms with Crippen LogP contribution in [0.4, 0.5) is 0 Å². The van der Waals surface area contributed by atoms with E-state index in [1.807, 2.05) is 0 Å². The molecule has 1 saturated carbocycles. The molecule has 3 fully saturated rings. The first kappa shape index (κ1) is 10.8. The van der Waals surface area contributed by atoms with Gasteiger partial charge in [-0.1, -0.05) is 19.8 Å². The first-order valence-electron chi connectivity index (χ1n) is 7.03. The van der Waals surface area contributed by atoms with Crippen LogP contribution in [-0.4, -0.2) is 28.8 Å². The molecule has 2 heteroatoms. The maximum absolute atomic E-state index is 11.6. The van der Waals surface area contributed by atoms with E-state index in [1.165, 1.54) is 38.5 Å². The summed E-state index contributed by atoms with van der Waals surface area (Å²) in [6.45, 7) is 2.39. The minimum absolute atomic E-state index is 0.521. The molecule has 4 unspecified atom stereocenters. The van der Waals surface area contributed by atoms with E-state index in [1.54, 1.807) is 0 Å². The highest BCUT2D eigenvalue weighted by Crippen LogP contribution is 2.40. The van der Waals surface area contributed by atoms with Crippen LogP contribution in [0.1, 0.15) is 58.3 Å². The summed E-state index contributed by atoms with van der Waals surface area (Å²) in [4.78, 5) is 14.3. The summed E-state index contributed by atoms with van der Waals surface area (Å²) in [6, 6.07) is 2.03.